The van der Waals surface area contributed by atoms with Crippen molar-refractivity contribution < 1.29 is 0 Å². The van der Waals surface area contributed by atoms with Crippen molar-refractivity contribution in [2.75, 3.05) is 5.32 Å². The number of rotatable bonds is 5. The van der Waals surface area contributed by atoms with Gasteiger partial charge in [-0.05, 0) is 25.1 Å². The van der Waals surface area contributed by atoms with Gasteiger partial charge in [-0.2, -0.15) is 5.10 Å². The summed E-state index contributed by atoms with van der Waals surface area (Å²) >= 11 is 0. The van der Waals surface area contributed by atoms with Crippen LogP contribution in [-0.2, 0) is 20.0 Å². The van der Waals surface area contributed by atoms with Crippen molar-refractivity contribution in [1.29, 1.82) is 0 Å². The lowest BCUT2D eigenvalue weighted by atomic mass is 10.3. The molecule has 1 aromatic carbocycles. The van der Waals surface area contributed by atoms with Crippen molar-refractivity contribution in [2.24, 2.45) is 7.05 Å². The minimum atomic E-state index is 0.871. The van der Waals surface area contributed by atoms with E-state index in [4.69, 9.17) is 0 Å². The Morgan fingerprint density at radius 1 is 1.14 bits per heavy atom. The smallest absolute Gasteiger partial charge is 0.207 e. The van der Waals surface area contributed by atoms with Crippen LogP contribution in [0.2, 0.25) is 0 Å². The maximum Gasteiger partial charge on any atom is 0.207 e. The molecule has 5 heteroatoms. The highest BCUT2D eigenvalue weighted by molar-refractivity contribution is 5.53. The second kappa shape index (κ2) is 5.83. The summed E-state index contributed by atoms with van der Waals surface area (Å²) < 4.78 is 4.06. The van der Waals surface area contributed by atoms with E-state index in [1.807, 2.05) is 61.2 Å². The molecular formula is C16H19N5. The van der Waals surface area contributed by atoms with Crippen molar-refractivity contribution in [3.63, 3.8) is 0 Å². The largest absolute Gasteiger partial charge is 0.326 e. The van der Waals surface area contributed by atoms with Crippen LogP contribution in [-0.4, -0.2) is 19.3 Å². The molecule has 0 spiro atoms. The lowest BCUT2D eigenvalue weighted by Gasteiger charge is -2.09. The Kier molecular flexibility index (Phi) is 3.73. The third-order valence-electron chi connectivity index (χ3n) is 3.46. The lowest BCUT2D eigenvalue weighted by Crippen LogP contribution is -2.07. The van der Waals surface area contributed by atoms with Gasteiger partial charge in [0.25, 0.3) is 0 Å². The summed E-state index contributed by atoms with van der Waals surface area (Å²) in [4.78, 5) is 4.56. The van der Waals surface area contributed by atoms with Crippen molar-refractivity contribution in [1.82, 2.24) is 19.3 Å². The zero-order chi connectivity index (χ0) is 14.7. The summed E-state index contributed by atoms with van der Waals surface area (Å²) in [7, 11) is 1.97. The van der Waals surface area contributed by atoms with Crippen LogP contribution in [0.4, 0.5) is 11.6 Å². The van der Waals surface area contributed by atoms with Gasteiger partial charge in [0.05, 0.1) is 5.69 Å². The molecule has 2 aromatic heterocycles. The van der Waals surface area contributed by atoms with E-state index >= 15 is 0 Å². The number of aryl methyl sites for hydroxylation is 4. The molecule has 0 saturated carbocycles. The molecule has 3 rings (SSSR count). The van der Waals surface area contributed by atoms with E-state index in [0.29, 0.717) is 0 Å². The van der Waals surface area contributed by atoms with Crippen LogP contribution in [0.3, 0.4) is 0 Å². The Balaban J connectivity index is 1.75. The molecule has 0 bridgehead atoms. The SMILES string of the molecule is Cc1cn(CCc2ccnn2C)c(Nc2ccccc2)n1. The highest BCUT2D eigenvalue weighted by atomic mass is 15.3. The van der Waals surface area contributed by atoms with Crippen molar-refractivity contribution in [3.05, 3.63) is 60.2 Å². The first-order chi connectivity index (χ1) is 10.2. The number of hydrogen-bond acceptors (Lipinski definition) is 3. The van der Waals surface area contributed by atoms with Gasteiger partial charge in [0.2, 0.25) is 5.95 Å². The van der Waals surface area contributed by atoms with Gasteiger partial charge in [-0.3, -0.25) is 4.68 Å². The molecule has 3 aromatic rings. The lowest BCUT2D eigenvalue weighted by molar-refractivity contribution is 0.641. The van der Waals surface area contributed by atoms with Gasteiger partial charge < -0.3 is 9.88 Å². The van der Waals surface area contributed by atoms with Gasteiger partial charge in [-0.25, -0.2) is 4.98 Å². The minimum absolute atomic E-state index is 0.871. The van der Waals surface area contributed by atoms with E-state index in [0.717, 1.165) is 30.3 Å². The second-order valence-electron chi connectivity index (χ2n) is 5.09. The van der Waals surface area contributed by atoms with Crippen molar-refractivity contribution in [2.45, 2.75) is 19.9 Å². The molecule has 0 saturated heterocycles. The molecule has 5 nitrogen and oxygen atoms in total. The number of imidazole rings is 1. The maximum absolute atomic E-state index is 4.56. The van der Waals surface area contributed by atoms with Crippen LogP contribution < -0.4 is 5.32 Å². The van der Waals surface area contributed by atoms with Gasteiger partial charge >= 0.3 is 0 Å². The third-order valence-corrected chi connectivity index (χ3v) is 3.46. The van der Waals surface area contributed by atoms with Crippen LogP contribution in [0.25, 0.3) is 0 Å². The first-order valence-corrected chi connectivity index (χ1v) is 7.05. The van der Waals surface area contributed by atoms with Gasteiger partial charge in [0.1, 0.15) is 0 Å². The van der Waals surface area contributed by atoms with Crippen LogP contribution in [0.1, 0.15) is 11.4 Å². The third kappa shape index (κ3) is 3.13. The Morgan fingerprint density at radius 3 is 2.67 bits per heavy atom. The van der Waals surface area contributed by atoms with Gasteiger partial charge in [-0.1, -0.05) is 18.2 Å². The first-order valence-electron chi connectivity index (χ1n) is 7.05. The minimum Gasteiger partial charge on any atom is -0.326 e. The Bertz CT molecular complexity index is 711. The van der Waals surface area contributed by atoms with Gasteiger partial charge in [-0.15, -0.1) is 0 Å². The number of benzene rings is 1. The molecule has 0 aliphatic rings. The molecule has 0 aliphatic carbocycles. The molecule has 1 N–H and O–H groups in total. The predicted molar refractivity (Wildman–Crippen MR) is 83.6 cm³/mol. The summed E-state index contributed by atoms with van der Waals surface area (Å²) in [6.07, 6.45) is 4.83. The number of nitrogens with one attached hydrogen (secondary N) is 1. The average Bonchev–Trinajstić information content (AvgIpc) is 3.04. The number of anilines is 2. The Labute approximate surface area is 124 Å². The molecule has 0 amide bonds. The fourth-order valence-electron chi connectivity index (χ4n) is 2.35. The van der Waals surface area contributed by atoms with E-state index < -0.39 is 0 Å². The molecule has 0 aliphatic heterocycles. The molecule has 0 unspecified atom stereocenters. The number of para-hydroxylation sites is 1. The normalized spacial score (nSPS) is 10.8. The number of hydrogen-bond donors (Lipinski definition) is 1. The van der Waals surface area contributed by atoms with E-state index in [1.165, 1.54) is 5.69 Å². The Morgan fingerprint density at radius 2 is 1.95 bits per heavy atom. The summed E-state index contributed by atoms with van der Waals surface area (Å²) in [5.74, 6) is 0.876. The van der Waals surface area contributed by atoms with Crippen LogP contribution >= 0.6 is 0 Å². The summed E-state index contributed by atoms with van der Waals surface area (Å²) in [6.45, 7) is 2.88. The van der Waals surface area contributed by atoms with Crippen molar-refractivity contribution in [3.8, 4) is 0 Å². The van der Waals surface area contributed by atoms with E-state index in [2.05, 4.69) is 26.2 Å². The molecule has 21 heavy (non-hydrogen) atoms. The van der Waals surface area contributed by atoms with Crippen LogP contribution in [0.5, 0.6) is 0 Å². The predicted octanol–water partition coefficient (Wildman–Crippen LogP) is 2.91. The number of nitrogens with zero attached hydrogens (tertiary/aromatic N) is 4. The van der Waals surface area contributed by atoms with E-state index in [-0.39, 0.29) is 0 Å². The average molecular weight is 281 g/mol. The highest BCUT2D eigenvalue weighted by Crippen LogP contribution is 2.16. The summed E-state index contributed by atoms with van der Waals surface area (Å²) in [5.41, 5.74) is 3.27. The van der Waals surface area contributed by atoms with Gasteiger partial charge in [0.15, 0.2) is 0 Å². The molecule has 0 fully saturated rings. The topological polar surface area (TPSA) is 47.7 Å². The van der Waals surface area contributed by atoms with Crippen molar-refractivity contribution >= 4 is 11.6 Å². The maximum atomic E-state index is 4.56. The molecule has 108 valence electrons. The van der Waals surface area contributed by atoms with E-state index in [9.17, 15) is 0 Å². The molecule has 0 atom stereocenters. The molecule has 0 radical (unpaired) electrons. The quantitative estimate of drug-likeness (QED) is 0.782. The van der Waals surface area contributed by atoms with Crippen LogP contribution in [0, 0.1) is 6.92 Å². The zero-order valence-electron chi connectivity index (χ0n) is 12.3. The second-order valence-corrected chi connectivity index (χ2v) is 5.09. The standard InChI is InChI=1S/C16H19N5/c1-13-12-21(11-9-15-8-10-17-20(15)2)16(18-13)19-14-6-4-3-5-7-14/h3-8,10,12H,9,11H2,1-2H3,(H,18,19). The highest BCUT2D eigenvalue weighted by Gasteiger charge is 2.07. The fourth-order valence-corrected chi connectivity index (χ4v) is 2.35. The zero-order valence-corrected chi connectivity index (χ0v) is 12.3. The van der Waals surface area contributed by atoms with Gasteiger partial charge in [0, 0.05) is 43.8 Å². The molecular weight excluding hydrogens is 262 g/mol. The number of aromatic nitrogens is 4. The first kappa shape index (κ1) is 13.4. The Hall–Kier alpha value is -2.56. The summed E-state index contributed by atoms with van der Waals surface area (Å²) in [6, 6.07) is 12.2. The van der Waals surface area contributed by atoms with Crippen LogP contribution in [0.15, 0.2) is 48.8 Å². The monoisotopic (exact) mass is 281 g/mol. The molecule has 2 heterocycles. The fraction of sp³-hybridized carbons (Fsp3) is 0.250. The summed E-state index contributed by atoms with van der Waals surface area (Å²) in [5, 5.41) is 7.57. The van der Waals surface area contributed by atoms with E-state index in [1.54, 1.807) is 0 Å².